The van der Waals surface area contributed by atoms with Gasteiger partial charge >= 0.3 is 0 Å². The molecule has 0 saturated carbocycles. The number of hydrogen-bond acceptors (Lipinski definition) is 2. The highest BCUT2D eigenvalue weighted by Crippen LogP contribution is 2.40. The van der Waals surface area contributed by atoms with Crippen LogP contribution in [0.1, 0.15) is 63.9 Å². The van der Waals surface area contributed by atoms with Gasteiger partial charge in [0, 0.05) is 0 Å². The maximum Gasteiger partial charge on any atom is 0.122 e. The standard InChI is InChI=1S/C17H26O2/c1-3-10-17(18,11-4-2)13-14-9-12-19-16-8-6-5-7-15(14)16/h5-8,14,18H,3-4,9-13H2,1-2H3. The van der Waals surface area contributed by atoms with Crippen molar-refractivity contribution in [2.75, 3.05) is 6.61 Å². The molecule has 1 aromatic rings. The normalized spacial score (nSPS) is 18.8. The van der Waals surface area contributed by atoms with E-state index in [1.807, 2.05) is 12.1 Å². The fraction of sp³-hybridized carbons (Fsp3) is 0.647. The molecule has 1 N–H and O–H groups in total. The third kappa shape index (κ3) is 3.50. The minimum atomic E-state index is -0.501. The van der Waals surface area contributed by atoms with Crippen LogP contribution in [0.25, 0.3) is 0 Å². The Bertz CT molecular complexity index is 394. The summed E-state index contributed by atoms with van der Waals surface area (Å²) in [6.45, 7) is 5.08. The number of aliphatic hydroxyl groups is 1. The first-order valence-electron chi connectivity index (χ1n) is 7.62. The molecule has 1 aliphatic rings. The van der Waals surface area contributed by atoms with Crippen LogP contribution in [-0.4, -0.2) is 17.3 Å². The van der Waals surface area contributed by atoms with Crippen LogP contribution < -0.4 is 4.74 Å². The van der Waals surface area contributed by atoms with E-state index in [4.69, 9.17) is 4.74 Å². The Morgan fingerprint density at radius 2 is 1.89 bits per heavy atom. The first-order valence-corrected chi connectivity index (χ1v) is 7.62. The summed E-state index contributed by atoms with van der Waals surface area (Å²) in [7, 11) is 0. The predicted molar refractivity (Wildman–Crippen MR) is 78.7 cm³/mol. The summed E-state index contributed by atoms with van der Waals surface area (Å²) in [4.78, 5) is 0. The first kappa shape index (κ1) is 14.4. The van der Waals surface area contributed by atoms with Crippen LogP contribution in [-0.2, 0) is 0 Å². The Kier molecular flexibility index (Phi) is 4.87. The van der Waals surface area contributed by atoms with Crippen LogP contribution in [0.5, 0.6) is 5.75 Å². The van der Waals surface area contributed by atoms with Crippen molar-refractivity contribution in [2.45, 2.75) is 63.9 Å². The van der Waals surface area contributed by atoms with Gasteiger partial charge in [0.1, 0.15) is 5.75 Å². The molecule has 1 aliphatic heterocycles. The molecule has 1 heterocycles. The second-order valence-corrected chi connectivity index (χ2v) is 5.80. The largest absolute Gasteiger partial charge is 0.493 e. The van der Waals surface area contributed by atoms with Crippen LogP contribution in [0.2, 0.25) is 0 Å². The van der Waals surface area contributed by atoms with Gasteiger partial charge in [-0.2, -0.15) is 0 Å². The van der Waals surface area contributed by atoms with E-state index in [9.17, 15) is 5.11 Å². The lowest BCUT2D eigenvalue weighted by atomic mass is 9.79. The Hall–Kier alpha value is -1.02. The molecule has 106 valence electrons. The number of benzene rings is 1. The summed E-state index contributed by atoms with van der Waals surface area (Å²) >= 11 is 0. The lowest BCUT2D eigenvalue weighted by Gasteiger charge is -2.34. The van der Waals surface area contributed by atoms with Gasteiger partial charge in [0.15, 0.2) is 0 Å². The Morgan fingerprint density at radius 1 is 1.21 bits per heavy atom. The summed E-state index contributed by atoms with van der Waals surface area (Å²) in [5.41, 5.74) is 0.776. The van der Waals surface area contributed by atoms with E-state index in [-0.39, 0.29) is 0 Å². The molecule has 0 aliphatic carbocycles. The maximum absolute atomic E-state index is 10.8. The Morgan fingerprint density at radius 3 is 2.58 bits per heavy atom. The molecule has 0 aromatic heterocycles. The fourth-order valence-corrected chi connectivity index (χ4v) is 3.35. The van der Waals surface area contributed by atoms with Crippen molar-refractivity contribution in [1.29, 1.82) is 0 Å². The molecule has 0 spiro atoms. The van der Waals surface area contributed by atoms with Crippen LogP contribution in [0.3, 0.4) is 0 Å². The molecular formula is C17H26O2. The number of rotatable bonds is 6. The summed E-state index contributed by atoms with van der Waals surface area (Å²) < 4.78 is 5.71. The molecular weight excluding hydrogens is 236 g/mol. The lowest BCUT2D eigenvalue weighted by Crippen LogP contribution is -2.32. The molecule has 2 heteroatoms. The van der Waals surface area contributed by atoms with Crippen LogP contribution >= 0.6 is 0 Å². The van der Waals surface area contributed by atoms with Gasteiger partial charge in [-0.25, -0.2) is 0 Å². The quantitative estimate of drug-likeness (QED) is 0.829. The third-order valence-corrected chi connectivity index (χ3v) is 4.14. The van der Waals surface area contributed by atoms with Crippen molar-refractivity contribution < 1.29 is 9.84 Å². The highest BCUT2D eigenvalue weighted by Gasteiger charge is 2.32. The van der Waals surface area contributed by atoms with Crippen LogP contribution in [0.15, 0.2) is 24.3 Å². The lowest BCUT2D eigenvalue weighted by molar-refractivity contribution is 0.00290. The van der Waals surface area contributed by atoms with E-state index >= 15 is 0 Å². The van der Waals surface area contributed by atoms with Gasteiger partial charge in [-0.05, 0) is 43.2 Å². The first-order chi connectivity index (χ1) is 9.18. The molecule has 2 rings (SSSR count). The number of hydrogen-bond donors (Lipinski definition) is 1. The Balaban J connectivity index is 2.14. The van der Waals surface area contributed by atoms with Crippen molar-refractivity contribution in [3.05, 3.63) is 29.8 Å². The maximum atomic E-state index is 10.8. The molecule has 0 saturated heterocycles. The zero-order chi connectivity index (χ0) is 13.7. The molecule has 0 radical (unpaired) electrons. The van der Waals surface area contributed by atoms with Crippen molar-refractivity contribution in [3.63, 3.8) is 0 Å². The zero-order valence-corrected chi connectivity index (χ0v) is 12.2. The molecule has 0 amide bonds. The topological polar surface area (TPSA) is 29.5 Å². The minimum absolute atomic E-state index is 0.438. The average Bonchev–Trinajstić information content (AvgIpc) is 2.39. The summed E-state index contributed by atoms with van der Waals surface area (Å²) in [6.07, 6.45) is 5.78. The van der Waals surface area contributed by atoms with Gasteiger partial charge in [0.05, 0.1) is 12.2 Å². The SMILES string of the molecule is CCCC(O)(CCC)CC1CCOc2ccccc21. The van der Waals surface area contributed by atoms with Crippen molar-refractivity contribution in [2.24, 2.45) is 0 Å². The van der Waals surface area contributed by atoms with Gasteiger partial charge in [-0.3, -0.25) is 0 Å². The van der Waals surface area contributed by atoms with E-state index in [1.54, 1.807) is 0 Å². The second-order valence-electron chi connectivity index (χ2n) is 5.80. The van der Waals surface area contributed by atoms with E-state index in [2.05, 4.69) is 26.0 Å². The number of fused-ring (bicyclic) bond motifs is 1. The average molecular weight is 262 g/mol. The predicted octanol–water partition coefficient (Wildman–Crippen LogP) is 4.27. The van der Waals surface area contributed by atoms with Gasteiger partial charge in [0.25, 0.3) is 0 Å². The van der Waals surface area contributed by atoms with E-state index < -0.39 is 5.60 Å². The van der Waals surface area contributed by atoms with Crippen LogP contribution in [0, 0.1) is 0 Å². The molecule has 0 fully saturated rings. The summed E-state index contributed by atoms with van der Waals surface area (Å²) in [5.74, 6) is 1.45. The molecule has 19 heavy (non-hydrogen) atoms. The van der Waals surface area contributed by atoms with Gasteiger partial charge in [-0.1, -0.05) is 44.9 Å². The van der Waals surface area contributed by atoms with Crippen LogP contribution in [0.4, 0.5) is 0 Å². The van der Waals surface area contributed by atoms with Crippen molar-refractivity contribution >= 4 is 0 Å². The molecule has 1 unspecified atom stereocenters. The molecule has 1 aromatic carbocycles. The fourth-order valence-electron chi connectivity index (χ4n) is 3.35. The van der Waals surface area contributed by atoms with Gasteiger partial charge < -0.3 is 9.84 Å². The number of ether oxygens (including phenoxy) is 1. The van der Waals surface area contributed by atoms with E-state index in [0.717, 1.165) is 50.9 Å². The van der Waals surface area contributed by atoms with Crippen molar-refractivity contribution in [1.82, 2.24) is 0 Å². The smallest absolute Gasteiger partial charge is 0.122 e. The van der Waals surface area contributed by atoms with Crippen molar-refractivity contribution in [3.8, 4) is 5.75 Å². The monoisotopic (exact) mass is 262 g/mol. The highest BCUT2D eigenvalue weighted by atomic mass is 16.5. The molecule has 1 atom stereocenters. The molecule has 2 nitrogen and oxygen atoms in total. The van der Waals surface area contributed by atoms with Gasteiger partial charge in [0.2, 0.25) is 0 Å². The minimum Gasteiger partial charge on any atom is -0.493 e. The molecule has 0 bridgehead atoms. The third-order valence-electron chi connectivity index (χ3n) is 4.14. The van der Waals surface area contributed by atoms with Gasteiger partial charge in [-0.15, -0.1) is 0 Å². The Labute approximate surface area is 116 Å². The summed E-state index contributed by atoms with van der Waals surface area (Å²) in [6, 6.07) is 8.28. The number of para-hydroxylation sites is 1. The van der Waals surface area contributed by atoms with E-state index in [1.165, 1.54) is 5.56 Å². The summed E-state index contributed by atoms with van der Waals surface area (Å²) in [5, 5.41) is 10.8. The highest BCUT2D eigenvalue weighted by molar-refractivity contribution is 5.37. The zero-order valence-electron chi connectivity index (χ0n) is 12.2. The second kappa shape index (κ2) is 6.42. The van der Waals surface area contributed by atoms with E-state index in [0.29, 0.717) is 5.92 Å².